The van der Waals surface area contributed by atoms with Crippen LogP contribution in [0.2, 0.25) is 0 Å². The summed E-state index contributed by atoms with van der Waals surface area (Å²) >= 11 is 0. The van der Waals surface area contributed by atoms with Crippen molar-refractivity contribution in [2.75, 3.05) is 0 Å². The molecule has 0 saturated carbocycles. The van der Waals surface area contributed by atoms with Crippen LogP contribution in [-0.2, 0) is 6.54 Å². The van der Waals surface area contributed by atoms with Crippen molar-refractivity contribution in [3.05, 3.63) is 48.0 Å². The lowest BCUT2D eigenvalue weighted by Crippen LogP contribution is -2.18. The Morgan fingerprint density at radius 2 is 2.39 bits per heavy atom. The normalized spacial score (nSPS) is 17.8. The Labute approximate surface area is 105 Å². The van der Waals surface area contributed by atoms with E-state index in [4.69, 9.17) is 10.00 Å². The van der Waals surface area contributed by atoms with E-state index in [1.165, 1.54) is 0 Å². The van der Waals surface area contributed by atoms with Gasteiger partial charge in [-0.05, 0) is 31.0 Å². The molecule has 1 unspecified atom stereocenters. The van der Waals surface area contributed by atoms with Gasteiger partial charge in [0.1, 0.15) is 11.9 Å². The van der Waals surface area contributed by atoms with E-state index < -0.39 is 0 Å². The summed E-state index contributed by atoms with van der Waals surface area (Å²) in [6, 6.07) is 9.40. The van der Waals surface area contributed by atoms with Crippen LogP contribution in [0, 0.1) is 11.3 Å². The number of ether oxygens (including phenoxy) is 1. The lowest BCUT2D eigenvalue weighted by molar-refractivity contribution is 0.165. The van der Waals surface area contributed by atoms with Gasteiger partial charge in [-0.3, -0.25) is 0 Å². The number of hydrogen-bond acceptors (Lipinski definition) is 3. The number of hydrogen-bond donors (Lipinski definition) is 0. The van der Waals surface area contributed by atoms with Gasteiger partial charge >= 0.3 is 0 Å². The third-order valence-electron chi connectivity index (χ3n) is 3.18. The summed E-state index contributed by atoms with van der Waals surface area (Å²) in [7, 11) is 0. The van der Waals surface area contributed by atoms with Crippen LogP contribution >= 0.6 is 0 Å². The molecule has 0 fully saturated rings. The van der Waals surface area contributed by atoms with Gasteiger partial charge in [-0.1, -0.05) is 6.07 Å². The molecule has 1 aliphatic heterocycles. The van der Waals surface area contributed by atoms with E-state index >= 15 is 0 Å². The highest BCUT2D eigenvalue weighted by Crippen LogP contribution is 2.29. The van der Waals surface area contributed by atoms with Crippen LogP contribution in [-0.4, -0.2) is 9.55 Å². The predicted molar refractivity (Wildman–Crippen MR) is 66.0 cm³/mol. The standard InChI is InChI=1S/C14H13N3O/c15-8-11-3-1-4-12(7-11)18-14-5-2-6-17-10-16-9-13(14)17/h1,3-4,7,9-10,14H,2,5-6H2. The van der Waals surface area contributed by atoms with Crippen LogP contribution in [0.15, 0.2) is 36.8 Å². The molecule has 2 heterocycles. The maximum atomic E-state index is 8.87. The largest absolute Gasteiger partial charge is 0.484 e. The average molecular weight is 239 g/mol. The van der Waals surface area contributed by atoms with Crippen molar-refractivity contribution in [2.24, 2.45) is 0 Å². The first-order chi connectivity index (χ1) is 8.86. The van der Waals surface area contributed by atoms with Gasteiger partial charge in [0.2, 0.25) is 0 Å². The summed E-state index contributed by atoms with van der Waals surface area (Å²) in [6.07, 6.45) is 5.82. The lowest BCUT2D eigenvalue weighted by atomic mass is 10.1. The smallest absolute Gasteiger partial charge is 0.140 e. The Balaban J connectivity index is 1.84. The second-order valence-corrected chi connectivity index (χ2v) is 4.40. The fourth-order valence-electron chi connectivity index (χ4n) is 2.30. The Morgan fingerprint density at radius 1 is 1.44 bits per heavy atom. The van der Waals surface area contributed by atoms with E-state index in [9.17, 15) is 0 Å². The van der Waals surface area contributed by atoms with E-state index in [1.807, 2.05) is 24.7 Å². The number of fused-ring (bicyclic) bond motifs is 1. The molecule has 0 spiro atoms. The average Bonchev–Trinajstić information content (AvgIpc) is 2.88. The number of benzene rings is 1. The molecule has 0 radical (unpaired) electrons. The molecule has 18 heavy (non-hydrogen) atoms. The molecule has 1 aromatic heterocycles. The van der Waals surface area contributed by atoms with Crippen LogP contribution in [0.1, 0.15) is 30.2 Å². The summed E-state index contributed by atoms with van der Waals surface area (Å²) in [5.41, 5.74) is 1.74. The molecule has 90 valence electrons. The van der Waals surface area contributed by atoms with Gasteiger partial charge in [-0.2, -0.15) is 5.26 Å². The lowest BCUT2D eigenvalue weighted by Gasteiger charge is -2.25. The first-order valence-corrected chi connectivity index (χ1v) is 6.03. The molecule has 1 aliphatic rings. The molecule has 0 bridgehead atoms. The quantitative estimate of drug-likeness (QED) is 0.809. The molecule has 0 amide bonds. The predicted octanol–water partition coefficient (Wildman–Crippen LogP) is 2.67. The molecule has 4 heteroatoms. The molecular formula is C14H13N3O. The van der Waals surface area contributed by atoms with Crippen LogP contribution in [0.4, 0.5) is 0 Å². The fraction of sp³-hybridized carbons (Fsp3) is 0.286. The monoisotopic (exact) mass is 239 g/mol. The summed E-state index contributed by atoms with van der Waals surface area (Å²) in [6.45, 7) is 1.01. The Kier molecular flexibility index (Phi) is 2.73. The van der Waals surface area contributed by atoms with E-state index in [2.05, 4.69) is 15.6 Å². The van der Waals surface area contributed by atoms with Crippen LogP contribution in [0.3, 0.4) is 0 Å². The van der Waals surface area contributed by atoms with Crippen molar-refractivity contribution in [3.63, 3.8) is 0 Å². The van der Waals surface area contributed by atoms with Crippen molar-refractivity contribution in [3.8, 4) is 11.8 Å². The second kappa shape index (κ2) is 4.53. The summed E-state index contributed by atoms with van der Waals surface area (Å²) in [4.78, 5) is 4.16. The number of imidazole rings is 1. The van der Waals surface area contributed by atoms with Gasteiger partial charge in [-0.15, -0.1) is 0 Å². The molecule has 0 saturated heterocycles. The molecule has 4 nitrogen and oxygen atoms in total. The zero-order valence-corrected chi connectivity index (χ0v) is 9.91. The molecule has 0 N–H and O–H groups in total. The number of aromatic nitrogens is 2. The van der Waals surface area contributed by atoms with Gasteiger partial charge in [-0.25, -0.2) is 4.98 Å². The van der Waals surface area contributed by atoms with Crippen molar-refractivity contribution < 1.29 is 4.74 Å². The van der Waals surface area contributed by atoms with Crippen molar-refractivity contribution in [2.45, 2.75) is 25.5 Å². The van der Waals surface area contributed by atoms with Gasteiger partial charge in [0.05, 0.1) is 29.9 Å². The van der Waals surface area contributed by atoms with E-state index in [0.717, 1.165) is 30.8 Å². The number of nitriles is 1. The Morgan fingerprint density at radius 3 is 3.28 bits per heavy atom. The molecule has 3 rings (SSSR count). The molecule has 1 aromatic carbocycles. The summed E-state index contributed by atoms with van der Waals surface area (Å²) in [5, 5.41) is 8.87. The third-order valence-corrected chi connectivity index (χ3v) is 3.18. The first kappa shape index (κ1) is 10.8. The zero-order valence-electron chi connectivity index (χ0n) is 9.91. The molecule has 1 atom stereocenters. The number of aryl methyl sites for hydroxylation is 1. The minimum Gasteiger partial charge on any atom is -0.484 e. The van der Waals surface area contributed by atoms with Gasteiger partial charge in [0.15, 0.2) is 0 Å². The van der Waals surface area contributed by atoms with E-state index in [1.54, 1.807) is 12.1 Å². The summed E-state index contributed by atoms with van der Waals surface area (Å²) < 4.78 is 8.10. The fourth-order valence-corrected chi connectivity index (χ4v) is 2.30. The minimum atomic E-state index is 0.0372. The topological polar surface area (TPSA) is 50.8 Å². The zero-order chi connectivity index (χ0) is 12.4. The maximum absolute atomic E-state index is 8.87. The van der Waals surface area contributed by atoms with Crippen LogP contribution in [0.5, 0.6) is 5.75 Å². The van der Waals surface area contributed by atoms with Gasteiger partial charge < -0.3 is 9.30 Å². The highest BCUT2D eigenvalue weighted by Gasteiger charge is 2.21. The minimum absolute atomic E-state index is 0.0372. The van der Waals surface area contributed by atoms with Crippen molar-refractivity contribution >= 4 is 0 Å². The number of rotatable bonds is 2. The third kappa shape index (κ3) is 1.95. The first-order valence-electron chi connectivity index (χ1n) is 6.03. The molecular weight excluding hydrogens is 226 g/mol. The highest BCUT2D eigenvalue weighted by molar-refractivity contribution is 5.36. The molecule has 0 aliphatic carbocycles. The van der Waals surface area contributed by atoms with Crippen molar-refractivity contribution in [1.29, 1.82) is 5.26 Å². The van der Waals surface area contributed by atoms with Crippen LogP contribution in [0.25, 0.3) is 0 Å². The van der Waals surface area contributed by atoms with Gasteiger partial charge in [0, 0.05) is 6.54 Å². The van der Waals surface area contributed by atoms with Crippen LogP contribution < -0.4 is 4.74 Å². The Hall–Kier alpha value is -2.28. The van der Waals surface area contributed by atoms with Crippen molar-refractivity contribution in [1.82, 2.24) is 9.55 Å². The molecule has 2 aromatic rings. The summed E-state index contributed by atoms with van der Waals surface area (Å²) in [5.74, 6) is 0.744. The Bertz CT molecular complexity index is 597. The van der Waals surface area contributed by atoms with Gasteiger partial charge in [0.25, 0.3) is 0 Å². The van der Waals surface area contributed by atoms with E-state index in [0.29, 0.717) is 5.56 Å². The SMILES string of the molecule is N#Cc1cccc(OC2CCCn3cncc32)c1. The highest BCUT2D eigenvalue weighted by atomic mass is 16.5. The number of nitrogens with zero attached hydrogens (tertiary/aromatic N) is 3. The maximum Gasteiger partial charge on any atom is 0.140 e. The van der Waals surface area contributed by atoms with E-state index in [-0.39, 0.29) is 6.10 Å². The second-order valence-electron chi connectivity index (χ2n) is 4.40.